The molecule has 5 nitrogen and oxygen atoms in total. The first-order chi connectivity index (χ1) is 10.2. The zero-order valence-corrected chi connectivity index (χ0v) is 12.7. The fourth-order valence-electron chi connectivity index (χ4n) is 1.82. The molecule has 0 spiro atoms. The number of hydrogen-bond donors (Lipinski definition) is 3. The number of carbonyl (C=O) groups is 2. The molecular weight excluding hydrogens is 294 g/mol. The molecule has 7 heteroatoms. The normalized spacial score (nSPS) is 13.6. The first kappa shape index (κ1) is 18.0. The van der Waals surface area contributed by atoms with Crippen LogP contribution in [0.1, 0.15) is 31.1 Å². The SMILES string of the molecule is CC(O)CNC(=O)C(NC(=O)c1c(F)cccc1F)C(C)C. The molecule has 0 saturated heterocycles. The summed E-state index contributed by atoms with van der Waals surface area (Å²) in [6, 6.07) is 2.12. The van der Waals surface area contributed by atoms with E-state index in [0.717, 1.165) is 18.2 Å². The quantitative estimate of drug-likeness (QED) is 0.739. The lowest BCUT2D eigenvalue weighted by atomic mass is 10.0. The lowest BCUT2D eigenvalue weighted by molar-refractivity contribution is -0.124. The molecule has 0 fully saturated rings. The zero-order chi connectivity index (χ0) is 16.9. The van der Waals surface area contributed by atoms with E-state index in [1.54, 1.807) is 13.8 Å². The van der Waals surface area contributed by atoms with Gasteiger partial charge in [-0.15, -0.1) is 0 Å². The van der Waals surface area contributed by atoms with Crippen molar-refractivity contribution in [3.8, 4) is 0 Å². The number of aliphatic hydroxyl groups excluding tert-OH is 1. The number of amides is 2. The second kappa shape index (κ2) is 7.84. The predicted octanol–water partition coefficient (Wildman–Crippen LogP) is 1.22. The molecule has 0 heterocycles. The smallest absolute Gasteiger partial charge is 0.257 e. The third kappa shape index (κ3) is 4.77. The summed E-state index contributed by atoms with van der Waals surface area (Å²) in [6.45, 7) is 4.89. The van der Waals surface area contributed by atoms with Crippen molar-refractivity contribution >= 4 is 11.8 Å². The number of carbonyl (C=O) groups excluding carboxylic acids is 2. The van der Waals surface area contributed by atoms with Gasteiger partial charge in [0.25, 0.3) is 5.91 Å². The second-order valence-corrected chi connectivity index (χ2v) is 5.39. The lowest BCUT2D eigenvalue weighted by Gasteiger charge is -2.22. The molecule has 1 aromatic carbocycles. The van der Waals surface area contributed by atoms with Gasteiger partial charge in [-0.3, -0.25) is 9.59 Å². The molecule has 0 aromatic heterocycles. The van der Waals surface area contributed by atoms with E-state index in [2.05, 4.69) is 10.6 Å². The Hall–Kier alpha value is -2.02. The van der Waals surface area contributed by atoms with Crippen LogP contribution in [0.3, 0.4) is 0 Å². The van der Waals surface area contributed by atoms with Gasteiger partial charge < -0.3 is 15.7 Å². The van der Waals surface area contributed by atoms with Crippen LogP contribution in [-0.4, -0.2) is 35.6 Å². The molecule has 0 aliphatic rings. The van der Waals surface area contributed by atoms with Crippen LogP contribution in [-0.2, 0) is 4.79 Å². The Labute approximate surface area is 127 Å². The fourth-order valence-corrected chi connectivity index (χ4v) is 1.82. The van der Waals surface area contributed by atoms with Gasteiger partial charge in [0.1, 0.15) is 23.2 Å². The molecule has 0 bridgehead atoms. The number of rotatable bonds is 6. The lowest BCUT2D eigenvalue weighted by Crippen LogP contribution is -2.51. The Morgan fingerprint density at radius 2 is 1.73 bits per heavy atom. The summed E-state index contributed by atoms with van der Waals surface area (Å²) < 4.78 is 27.1. The van der Waals surface area contributed by atoms with Crippen molar-refractivity contribution in [3.05, 3.63) is 35.4 Å². The fraction of sp³-hybridized carbons (Fsp3) is 0.467. The van der Waals surface area contributed by atoms with Crippen LogP contribution in [0.5, 0.6) is 0 Å². The molecule has 0 aliphatic carbocycles. The Bertz CT molecular complexity index is 527. The Morgan fingerprint density at radius 1 is 1.18 bits per heavy atom. The molecule has 2 unspecified atom stereocenters. The van der Waals surface area contributed by atoms with Gasteiger partial charge >= 0.3 is 0 Å². The van der Waals surface area contributed by atoms with Crippen molar-refractivity contribution in [2.24, 2.45) is 5.92 Å². The Balaban J connectivity index is 2.87. The van der Waals surface area contributed by atoms with Crippen molar-refractivity contribution < 1.29 is 23.5 Å². The van der Waals surface area contributed by atoms with Crippen LogP contribution in [0.15, 0.2) is 18.2 Å². The molecular formula is C15H20F2N2O3. The summed E-state index contributed by atoms with van der Waals surface area (Å²) in [4.78, 5) is 24.0. The third-order valence-electron chi connectivity index (χ3n) is 3.00. The molecule has 3 N–H and O–H groups in total. The summed E-state index contributed by atoms with van der Waals surface area (Å²) in [7, 11) is 0. The van der Waals surface area contributed by atoms with E-state index >= 15 is 0 Å². The van der Waals surface area contributed by atoms with Crippen LogP contribution < -0.4 is 10.6 Å². The van der Waals surface area contributed by atoms with Crippen LogP contribution in [0, 0.1) is 17.6 Å². The summed E-state index contributed by atoms with van der Waals surface area (Å²) >= 11 is 0. The highest BCUT2D eigenvalue weighted by Crippen LogP contribution is 2.13. The first-order valence-corrected chi connectivity index (χ1v) is 6.94. The summed E-state index contributed by atoms with van der Waals surface area (Å²) in [5, 5.41) is 13.9. The molecule has 1 rings (SSSR count). The number of nitrogens with one attached hydrogen (secondary N) is 2. The van der Waals surface area contributed by atoms with Crippen molar-refractivity contribution in [2.45, 2.75) is 32.9 Å². The van der Waals surface area contributed by atoms with Gasteiger partial charge in [-0.25, -0.2) is 8.78 Å². The van der Waals surface area contributed by atoms with Crippen molar-refractivity contribution in [3.63, 3.8) is 0 Å². The largest absolute Gasteiger partial charge is 0.392 e. The van der Waals surface area contributed by atoms with Gasteiger partial charge in [0.15, 0.2) is 0 Å². The summed E-state index contributed by atoms with van der Waals surface area (Å²) in [5.41, 5.74) is -0.725. The van der Waals surface area contributed by atoms with Crippen LogP contribution in [0.4, 0.5) is 8.78 Å². The maximum absolute atomic E-state index is 13.6. The van der Waals surface area contributed by atoms with Crippen LogP contribution >= 0.6 is 0 Å². The topological polar surface area (TPSA) is 78.4 Å². The van der Waals surface area contributed by atoms with Gasteiger partial charge in [0.05, 0.1) is 6.10 Å². The molecule has 22 heavy (non-hydrogen) atoms. The van der Waals surface area contributed by atoms with Crippen molar-refractivity contribution in [1.82, 2.24) is 10.6 Å². The molecule has 0 radical (unpaired) electrons. The van der Waals surface area contributed by atoms with Gasteiger partial charge in [0, 0.05) is 6.54 Å². The number of benzene rings is 1. The summed E-state index contributed by atoms with van der Waals surface area (Å²) in [6.07, 6.45) is -0.739. The van der Waals surface area contributed by atoms with E-state index in [4.69, 9.17) is 5.11 Å². The Morgan fingerprint density at radius 3 is 2.18 bits per heavy atom. The van der Waals surface area contributed by atoms with Crippen LogP contribution in [0.25, 0.3) is 0 Å². The van der Waals surface area contributed by atoms with E-state index in [-0.39, 0.29) is 12.5 Å². The predicted molar refractivity (Wildman–Crippen MR) is 77.1 cm³/mol. The molecule has 2 atom stereocenters. The standard InChI is InChI=1S/C15H20F2N2O3/c1-8(2)13(15(22)18-7-9(3)20)19-14(21)12-10(16)5-4-6-11(12)17/h4-6,8-9,13,20H,7H2,1-3H3,(H,18,22)(H,19,21). The molecule has 2 amide bonds. The summed E-state index contributed by atoms with van der Waals surface area (Å²) in [5.74, 6) is -3.82. The average molecular weight is 314 g/mol. The minimum absolute atomic E-state index is 0.0198. The second-order valence-electron chi connectivity index (χ2n) is 5.39. The van der Waals surface area contributed by atoms with Gasteiger partial charge in [-0.05, 0) is 25.0 Å². The zero-order valence-electron chi connectivity index (χ0n) is 12.7. The molecule has 1 aromatic rings. The minimum atomic E-state index is -0.999. The number of hydrogen-bond acceptors (Lipinski definition) is 3. The number of aliphatic hydroxyl groups is 1. The molecule has 0 aliphatic heterocycles. The van der Waals surface area contributed by atoms with Crippen molar-refractivity contribution in [2.75, 3.05) is 6.54 Å². The third-order valence-corrected chi connectivity index (χ3v) is 3.00. The average Bonchev–Trinajstić information content (AvgIpc) is 2.41. The van der Waals surface area contributed by atoms with Gasteiger partial charge in [0.2, 0.25) is 5.91 Å². The molecule has 122 valence electrons. The monoisotopic (exact) mass is 314 g/mol. The van der Waals surface area contributed by atoms with Gasteiger partial charge in [-0.2, -0.15) is 0 Å². The molecule has 0 saturated carbocycles. The highest BCUT2D eigenvalue weighted by atomic mass is 19.1. The Kier molecular flexibility index (Phi) is 6.42. The maximum atomic E-state index is 13.6. The van der Waals surface area contributed by atoms with Crippen molar-refractivity contribution in [1.29, 1.82) is 0 Å². The maximum Gasteiger partial charge on any atom is 0.257 e. The highest BCUT2D eigenvalue weighted by molar-refractivity contribution is 5.98. The minimum Gasteiger partial charge on any atom is -0.392 e. The number of halogens is 2. The van der Waals surface area contributed by atoms with E-state index < -0.39 is 41.2 Å². The van der Waals surface area contributed by atoms with Gasteiger partial charge in [-0.1, -0.05) is 19.9 Å². The first-order valence-electron chi connectivity index (χ1n) is 6.94. The highest BCUT2D eigenvalue weighted by Gasteiger charge is 2.27. The van der Waals surface area contributed by atoms with E-state index in [0.29, 0.717) is 0 Å². The van der Waals surface area contributed by atoms with E-state index in [1.165, 1.54) is 6.92 Å². The van der Waals surface area contributed by atoms with E-state index in [9.17, 15) is 18.4 Å². The van der Waals surface area contributed by atoms with Crippen LogP contribution in [0.2, 0.25) is 0 Å². The van der Waals surface area contributed by atoms with E-state index in [1.807, 2.05) is 0 Å².